The van der Waals surface area contributed by atoms with Crippen LogP contribution in [0.3, 0.4) is 0 Å². The summed E-state index contributed by atoms with van der Waals surface area (Å²) in [5, 5.41) is 4.42. The van der Waals surface area contributed by atoms with E-state index in [1.165, 1.54) is 25.9 Å². The van der Waals surface area contributed by atoms with Crippen LogP contribution in [0, 0.1) is 0 Å². The molecule has 0 aliphatic heterocycles. The van der Waals surface area contributed by atoms with Gasteiger partial charge in [-0.15, -0.1) is 0 Å². The number of aromatic nitrogens is 4. The zero-order valence-corrected chi connectivity index (χ0v) is 22.6. The van der Waals surface area contributed by atoms with E-state index >= 15 is 0 Å². The van der Waals surface area contributed by atoms with E-state index in [1.54, 1.807) is 0 Å². The number of fused-ring (bicyclic) bond motifs is 2. The molecule has 6 nitrogen and oxygen atoms in total. The van der Waals surface area contributed by atoms with Gasteiger partial charge in [0.2, 0.25) is 0 Å². The molecule has 0 saturated heterocycles. The van der Waals surface area contributed by atoms with Crippen molar-refractivity contribution >= 4 is 22.2 Å². The summed E-state index contributed by atoms with van der Waals surface area (Å²) >= 11 is 0. The quantitative estimate of drug-likeness (QED) is 0.234. The molecule has 3 aromatic heterocycles. The highest BCUT2D eigenvalue weighted by molar-refractivity contribution is 5.91. The van der Waals surface area contributed by atoms with Crippen molar-refractivity contribution in [3.05, 3.63) is 78.9 Å². The predicted molar refractivity (Wildman–Crippen MR) is 157 cm³/mol. The summed E-state index contributed by atoms with van der Waals surface area (Å²) < 4.78 is 2.26. The van der Waals surface area contributed by atoms with Gasteiger partial charge in [0.05, 0.1) is 11.2 Å². The van der Waals surface area contributed by atoms with Crippen molar-refractivity contribution in [2.75, 3.05) is 25.5 Å². The first-order valence-corrected chi connectivity index (χ1v) is 14.0. The molecule has 0 bridgehead atoms. The number of benzene rings is 2. The van der Waals surface area contributed by atoms with Gasteiger partial charge in [-0.1, -0.05) is 62.4 Å². The average molecular weight is 505 g/mol. The molecule has 0 radical (unpaired) electrons. The van der Waals surface area contributed by atoms with E-state index in [-0.39, 0.29) is 0 Å². The zero-order chi connectivity index (χ0) is 26.1. The van der Waals surface area contributed by atoms with E-state index in [0.29, 0.717) is 12.0 Å². The molecule has 6 heteroatoms. The SMILES string of the molecule is CCCN(CCC)C1CC(c2nc(-c3ccc4ccc(-c5ccccc5)nc4c3)c3c(NC)nccn23)C1. The van der Waals surface area contributed by atoms with Crippen LogP contribution < -0.4 is 5.32 Å². The summed E-state index contributed by atoms with van der Waals surface area (Å²) in [6.07, 6.45) is 8.68. The molecule has 3 heterocycles. The van der Waals surface area contributed by atoms with Crippen LogP contribution in [0.25, 0.3) is 38.9 Å². The van der Waals surface area contributed by atoms with Gasteiger partial charge in [-0.3, -0.25) is 4.40 Å². The smallest absolute Gasteiger partial charge is 0.152 e. The minimum absolute atomic E-state index is 0.452. The lowest BCUT2D eigenvalue weighted by Gasteiger charge is -2.42. The maximum absolute atomic E-state index is 5.30. The molecule has 1 N–H and O–H groups in total. The maximum Gasteiger partial charge on any atom is 0.152 e. The van der Waals surface area contributed by atoms with Crippen LogP contribution in [0.1, 0.15) is 51.3 Å². The van der Waals surface area contributed by atoms with Gasteiger partial charge in [0.15, 0.2) is 5.82 Å². The third kappa shape index (κ3) is 4.43. The summed E-state index contributed by atoms with van der Waals surface area (Å²) in [5.41, 5.74) is 6.14. The highest BCUT2D eigenvalue weighted by Crippen LogP contribution is 2.42. The van der Waals surface area contributed by atoms with Crippen molar-refractivity contribution < 1.29 is 0 Å². The lowest BCUT2D eigenvalue weighted by Crippen LogP contribution is -2.45. The van der Waals surface area contributed by atoms with Crippen molar-refractivity contribution in [2.24, 2.45) is 0 Å². The van der Waals surface area contributed by atoms with Gasteiger partial charge in [0, 0.05) is 47.9 Å². The molecule has 194 valence electrons. The van der Waals surface area contributed by atoms with Crippen LogP contribution in [-0.2, 0) is 0 Å². The fourth-order valence-corrected chi connectivity index (χ4v) is 5.92. The van der Waals surface area contributed by atoms with Gasteiger partial charge in [0.1, 0.15) is 17.0 Å². The molecular weight excluding hydrogens is 468 g/mol. The van der Waals surface area contributed by atoms with E-state index in [4.69, 9.17) is 9.97 Å². The lowest BCUT2D eigenvalue weighted by atomic mass is 9.78. The minimum Gasteiger partial charge on any atom is -0.371 e. The van der Waals surface area contributed by atoms with Crippen LogP contribution in [0.4, 0.5) is 5.82 Å². The van der Waals surface area contributed by atoms with Crippen molar-refractivity contribution in [3.8, 4) is 22.5 Å². The Labute approximate surface area is 224 Å². The third-order valence-corrected chi connectivity index (χ3v) is 7.87. The van der Waals surface area contributed by atoms with Crippen LogP contribution in [-0.4, -0.2) is 50.4 Å². The summed E-state index contributed by atoms with van der Waals surface area (Å²) in [4.78, 5) is 17.6. The van der Waals surface area contributed by atoms with Crippen molar-refractivity contribution in [1.82, 2.24) is 24.3 Å². The molecule has 2 aromatic carbocycles. The van der Waals surface area contributed by atoms with E-state index in [1.807, 2.05) is 19.3 Å². The number of anilines is 1. The van der Waals surface area contributed by atoms with E-state index in [0.717, 1.165) is 63.4 Å². The summed E-state index contributed by atoms with van der Waals surface area (Å²) in [7, 11) is 1.93. The van der Waals surface area contributed by atoms with Crippen LogP contribution >= 0.6 is 0 Å². The van der Waals surface area contributed by atoms with Gasteiger partial charge < -0.3 is 10.2 Å². The first kappa shape index (κ1) is 24.6. The number of hydrogen-bond acceptors (Lipinski definition) is 5. The lowest BCUT2D eigenvalue weighted by molar-refractivity contribution is 0.105. The van der Waals surface area contributed by atoms with Crippen molar-refractivity contribution in [2.45, 2.75) is 51.5 Å². The van der Waals surface area contributed by atoms with Crippen molar-refractivity contribution in [1.29, 1.82) is 0 Å². The van der Waals surface area contributed by atoms with E-state index in [2.05, 4.69) is 94.2 Å². The topological polar surface area (TPSA) is 58.4 Å². The monoisotopic (exact) mass is 504 g/mol. The number of nitrogens with zero attached hydrogens (tertiary/aromatic N) is 5. The normalized spacial score (nSPS) is 17.3. The molecule has 0 spiro atoms. The molecule has 6 rings (SSSR count). The Balaban J connectivity index is 1.39. The molecular formula is C32H36N6. The first-order chi connectivity index (χ1) is 18.7. The summed E-state index contributed by atoms with van der Waals surface area (Å²) in [5.74, 6) is 2.44. The molecule has 38 heavy (non-hydrogen) atoms. The maximum atomic E-state index is 5.30. The Morgan fingerprint density at radius 3 is 2.42 bits per heavy atom. The van der Waals surface area contributed by atoms with E-state index < -0.39 is 0 Å². The second-order valence-corrected chi connectivity index (χ2v) is 10.4. The Morgan fingerprint density at radius 1 is 0.921 bits per heavy atom. The summed E-state index contributed by atoms with van der Waals surface area (Å²) in [6, 6.07) is 21.7. The average Bonchev–Trinajstić information content (AvgIpc) is 3.32. The van der Waals surface area contributed by atoms with E-state index in [9.17, 15) is 0 Å². The fraction of sp³-hybridized carbons (Fsp3) is 0.344. The number of pyridine rings is 1. The Hall–Kier alpha value is -3.77. The minimum atomic E-state index is 0.452. The van der Waals surface area contributed by atoms with Gasteiger partial charge in [-0.05, 0) is 50.9 Å². The number of hydrogen-bond donors (Lipinski definition) is 1. The number of nitrogens with one attached hydrogen (secondary N) is 1. The number of rotatable bonds is 9. The molecule has 1 saturated carbocycles. The largest absolute Gasteiger partial charge is 0.371 e. The Bertz CT molecular complexity index is 1550. The summed E-state index contributed by atoms with van der Waals surface area (Å²) in [6.45, 7) is 6.92. The van der Waals surface area contributed by atoms with Gasteiger partial charge in [-0.2, -0.15) is 0 Å². The Morgan fingerprint density at radius 2 is 1.68 bits per heavy atom. The predicted octanol–water partition coefficient (Wildman–Crippen LogP) is 7.02. The van der Waals surface area contributed by atoms with Crippen molar-refractivity contribution in [3.63, 3.8) is 0 Å². The van der Waals surface area contributed by atoms with Crippen LogP contribution in [0.2, 0.25) is 0 Å². The van der Waals surface area contributed by atoms with Crippen LogP contribution in [0.15, 0.2) is 73.1 Å². The highest BCUT2D eigenvalue weighted by Gasteiger charge is 2.37. The zero-order valence-electron chi connectivity index (χ0n) is 22.6. The van der Waals surface area contributed by atoms with Crippen LogP contribution in [0.5, 0.6) is 0 Å². The first-order valence-electron chi connectivity index (χ1n) is 14.0. The number of imidazole rings is 1. The fourth-order valence-electron chi connectivity index (χ4n) is 5.92. The molecule has 5 aromatic rings. The standard InChI is InChI=1S/C32H36N6/c1-4-16-37(17-5-2)26-19-25(20-26)32-36-29(30-31(33-3)34-15-18-38(30)32)24-12-11-23-13-14-27(35-28(23)21-24)22-9-7-6-8-10-22/h6-15,18,21,25-26H,4-5,16-17,19-20H2,1-3H3,(H,33,34). The third-order valence-electron chi connectivity index (χ3n) is 7.87. The molecule has 0 amide bonds. The second-order valence-electron chi connectivity index (χ2n) is 10.4. The molecule has 1 fully saturated rings. The highest BCUT2D eigenvalue weighted by atomic mass is 15.2. The Kier molecular flexibility index (Phi) is 6.81. The molecule has 0 atom stereocenters. The van der Waals surface area contributed by atoms with Gasteiger partial charge in [0.25, 0.3) is 0 Å². The second kappa shape index (κ2) is 10.5. The van der Waals surface area contributed by atoms with Gasteiger partial charge in [-0.25, -0.2) is 15.0 Å². The molecule has 1 aliphatic rings. The molecule has 1 aliphatic carbocycles. The molecule has 0 unspecified atom stereocenters. The van der Waals surface area contributed by atoms with Gasteiger partial charge >= 0.3 is 0 Å².